The molecule has 0 saturated heterocycles. The Hall–Kier alpha value is -2.47. The van der Waals surface area contributed by atoms with Crippen molar-refractivity contribution in [2.75, 3.05) is 19.0 Å². The zero-order valence-electron chi connectivity index (χ0n) is 14.5. The number of nitrogens with one attached hydrogen (secondary N) is 1. The molecular formula is C19H20N4OS. The number of hydrogen-bond donors (Lipinski definition) is 1. The fourth-order valence-corrected chi connectivity index (χ4v) is 4.49. The summed E-state index contributed by atoms with van der Waals surface area (Å²) in [5.41, 5.74) is 4.28. The zero-order valence-corrected chi connectivity index (χ0v) is 15.4. The second-order valence-corrected chi connectivity index (χ2v) is 7.62. The van der Waals surface area contributed by atoms with E-state index in [1.165, 1.54) is 4.88 Å². The minimum absolute atomic E-state index is 0.0102. The Morgan fingerprint density at radius 2 is 2.12 bits per heavy atom. The Balaban J connectivity index is 1.93. The van der Waals surface area contributed by atoms with Gasteiger partial charge in [-0.1, -0.05) is 18.2 Å². The molecule has 128 valence electrons. The van der Waals surface area contributed by atoms with Crippen molar-refractivity contribution in [3.8, 4) is 0 Å². The van der Waals surface area contributed by atoms with Gasteiger partial charge < -0.3 is 10.2 Å². The Morgan fingerprint density at radius 3 is 2.92 bits per heavy atom. The van der Waals surface area contributed by atoms with Gasteiger partial charge in [0.25, 0.3) is 0 Å². The van der Waals surface area contributed by atoms with Gasteiger partial charge in [-0.05, 0) is 24.1 Å². The summed E-state index contributed by atoms with van der Waals surface area (Å²) in [5.74, 6) is 0.0789. The summed E-state index contributed by atoms with van der Waals surface area (Å²) in [4.78, 5) is 24.8. The first kappa shape index (κ1) is 16.0. The Morgan fingerprint density at radius 1 is 1.28 bits per heavy atom. The van der Waals surface area contributed by atoms with Crippen molar-refractivity contribution in [2.45, 2.75) is 25.8 Å². The molecule has 0 fully saturated rings. The molecule has 1 N–H and O–H groups in total. The number of aromatic nitrogens is 2. The summed E-state index contributed by atoms with van der Waals surface area (Å²) >= 11 is 1.68. The van der Waals surface area contributed by atoms with Crippen molar-refractivity contribution >= 4 is 33.3 Å². The molecule has 6 heteroatoms. The summed E-state index contributed by atoms with van der Waals surface area (Å²) < 4.78 is 0. The molecule has 3 aromatic rings. The number of rotatable bonds is 2. The van der Waals surface area contributed by atoms with E-state index >= 15 is 0 Å². The summed E-state index contributed by atoms with van der Waals surface area (Å²) in [5, 5.41) is 5.07. The highest BCUT2D eigenvalue weighted by Gasteiger charge is 2.29. The van der Waals surface area contributed by atoms with Crippen molar-refractivity contribution in [1.82, 2.24) is 15.3 Å². The highest BCUT2D eigenvalue weighted by Crippen LogP contribution is 2.41. The van der Waals surface area contributed by atoms with Crippen LogP contribution in [0.15, 0.2) is 30.5 Å². The predicted octanol–water partition coefficient (Wildman–Crippen LogP) is 3.22. The molecule has 0 saturated carbocycles. The summed E-state index contributed by atoms with van der Waals surface area (Å²) in [7, 11) is 3.99. The zero-order chi connectivity index (χ0) is 17.6. The van der Waals surface area contributed by atoms with Gasteiger partial charge in [-0.3, -0.25) is 9.78 Å². The molecule has 25 heavy (non-hydrogen) atoms. The lowest BCUT2D eigenvalue weighted by molar-refractivity contribution is -0.121. The molecule has 1 aliphatic rings. The van der Waals surface area contributed by atoms with Crippen LogP contribution in [0, 0.1) is 6.92 Å². The highest BCUT2D eigenvalue weighted by molar-refractivity contribution is 7.15. The van der Waals surface area contributed by atoms with E-state index in [0.29, 0.717) is 13.0 Å². The third-order valence-corrected chi connectivity index (χ3v) is 6.02. The van der Waals surface area contributed by atoms with Crippen molar-refractivity contribution in [1.29, 1.82) is 0 Å². The third kappa shape index (κ3) is 2.76. The highest BCUT2D eigenvalue weighted by atomic mass is 32.1. The van der Waals surface area contributed by atoms with Crippen molar-refractivity contribution in [3.63, 3.8) is 0 Å². The number of carbonyl (C=O) groups excluding carboxylic acids is 1. The van der Waals surface area contributed by atoms with E-state index in [1.807, 2.05) is 31.3 Å². The molecule has 1 amide bonds. The molecule has 0 aliphatic carbocycles. The number of thiazole rings is 1. The van der Waals surface area contributed by atoms with Gasteiger partial charge in [0, 0.05) is 42.9 Å². The minimum atomic E-state index is 0.0102. The van der Waals surface area contributed by atoms with Crippen molar-refractivity contribution in [2.24, 2.45) is 0 Å². The smallest absolute Gasteiger partial charge is 0.221 e. The van der Waals surface area contributed by atoms with E-state index < -0.39 is 0 Å². The van der Waals surface area contributed by atoms with E-state index in [4.69, 9.17) is 4.98 Å². The maximum atomic E-state index is 12.3. The molecular weight excluding hydrogens is 332 g/mol. The fraction of sp³-hybridized carbons (Fsp3) is 0.316. The van der Waals surface area contributed by atoms with Gasteiger partial charge in [0.2, 0.25) is 5.91 Å². The van der Waals surface area contributed by atoms with Gasteiger partial charge in [0.05, 0.1) is 17.8 Å². The number of carbonyl (C=O) groups is 1. The second kappa shape index (κ2) is 6.11. The van der Waals surface area contributed by atoms with Crippen LogP contribution in [0.1, 0.15) is 34.0 Å². The van der Waals surface area contributed by atoms with E-state index in [1.54, 1.807) is 11.3 Å². The first-order valence-electron chi connectivity index (χ1n) is 8.32. The molecule has 0 unspecified atom stereocenters. The topological polar surface area (TPSA) is 58.1 Å². The van der Waals surface area contributed by atoms with Gasteiger partial charge in [0.15, 0.2) is 5.13 Å². The number of hydrogen-bond acceptors (Lipinski definition) is 5. The Labute approximate surface area is 150 Å². The average molecular weight is 352 g/mol. The molecule has 5 nitrogen and oxygen atoms in total. The maximum absolute atomic E-state index is 12.3. The summed E-state index contributed by atoms with van der Waals surface area (Å²) in [6.45, 7) is 2.57. The van der Waals surface area contributed by atoms with Crippen LogP contribution in [-0.4, -0.2) is 30.0 Å². The average Bonchev–Trinajstić information content (AvgIpc) is 2.97. The van der Waals surface area contributed by atoms with E-state index in [9.17, 15) is 4.79 Å². The number of pyridine rings is 1. The SMILES string of the molecule is Cc1ccc([C@H]2CC(=O)NCc3nc(N(C)C)sc32)c2cccnc12. The van der Waals surface area contributed by atoms with Gasteiger partial charge >= 0.3 is 0 Å². The number of fused-ring (bicyclic) bond motifs is 2. The van der Waals surface area contributed by atoms with Gasteiger partial charge in [-0.25, -0.2) is 4.98 Å². The third-order valence-electron chi connectivity index (χ3n) is 4.64. The lowest BCUT2D eigenvalue weighted by atomic mass is 9.89. The van der Waals surface area contributed by atoms with Crippen LogP contribution < -0.4 is 10.2 Å². The van der Waals surface area contributed by atoms with Gasteiger partial charge in [-0.2, -0.15) is 0 Å². The molecule has 4 rings (SSSR count). The summed E-state index contributed by atoms with van der Waals surface area (Å²) in [6, 6.07) is 8.30. The molecule has 1 atom stereocenters. The molecule has 1 aliphatic heterocycles. The summed E-state index contributed by atoms with van der Waals surface area (Å²) in [6.07, 6.45) is 2.26. The molecule has 0 radical (unpaired) electrons. The fourth-order valence-electron chi connectivity index (χ4n) is 3.36. The lowest BCUT2D eigenvalue weighted by Crippen LogP contribution is -2.21. The van der Waals surface area contributed by atoms with Crippen molar-refractivity contribution in [3.05, 3.63) is 52.2 Å². The minimum Gasteiger partial charge on any atom is -0.354 e. The number of nitrogens with zero attached hydrogens (tertiary/aromatic N) is 3. The monoisotopic (exact) mass is 352 g/mol. The largest absolute Gasteiger partial charge is 0.354 e. The number of benzene rings is 1. The van der Waals surface area contributed by atoms with Gasteiger partial charge in [-0.15, -0.1) is 11.3 Å². The van der Waals surface area contributed by atoms with Crippen LogP contribution in [-0.2, 0) is 11.3 Å². The number of aryl methyl sites for hydroxylation is 1. The standard InChI is InChI=1S/C19H20N4OS/c1-11-6-7-12(13-5-4-8-20-17(11)13)14-9-16(24)21-10-15-18(14)25-19(22-15)23(2)3/h4-8,14H,9-10H2,1-3H3,(H,21,24)/t14-/m1/s1. The van der Waals surface area contributed by atoms with Crippen LogP contribution in [0.25, 0.3) is 10.9 Å². The second-order valence-electron chi connectivity index (χ2n) is 6.61. The first-order valence-corrected chi connectivity index (χ1v) is 9.14. The lowest BCUT2D eigenvalue weighted by Gasteiger charge is -2.17. The molecule has 3 heterocycles. The van der Waals surface area contributed by atoms with Crippen LogP contribution in [0.4, 0.5) is 5.13 Å². The van der Waals surface area contributed by atoms with E-state index in [2.05, 4.69) is 35.4 Å². The Kier molecular flexibility index (Phi) is 3.92. The normalized spacial score (nSPS) is 17.1. The van der Waals surface area contributed by atoms with E-state index in [-0.39, 0.29) is 11.8 Å². The Bertz CT molecular complexity index is 963. The van der Waals surface area contributed by atoms with Gasteiger partial charge in [0.1, 0.15) is 0 Å². The maximum Gasteiger partial charge on any atom is 0.221 e. The number of amides is 1. The van der Waals surface area contributed by atoms with Crippen molar-refractivity contribution < 1.29 is 4.79 Å². The van der Waals surface area contributed by atoms with Crippen LogP contribution in [0.5, 0.6) is 0 Å². The van der Waals surface area contributed by atoms with Crippen LogP contribution in [0.2, 0.25) is 0 Å². The quantitative estimate of drug-likeness (QED) is 0.769. The van der Waals surface area contributed by atoms with E-state index in [0.717, 1.165) is 32.9 Å². The molecule has 0 spiro atoms. The first-order chi connectivity index (χ1) is 12.0. The molecule has 1 aromatic carbocycles. The number of anilines is 1. The van der Waals surface area contributed by atoms with Crippen LogP contribution in [0.3, 0.4) is 0 Å². The van der Waals surface area contributed by atoms with Crippen LogP contribution >= 0.6 is 11.3 Å². The molecule has 2 aromatic heterocycles. The predicted molar refractivity (Wildman–Crippen MR) is 101 cm³/mol. The molecule has 0 bridgehead atoms.